The Balaban J connectivity index is 1.70. The molecule has 1 atom stereocenters. The third-order valence-electron chi connectivity index (χ3n) is 4.04. The van der Waals surface area contributed by atoms with E-state index in [1.807, 2.05) is 48.5 Å². The summed E-state index contributed by atoms with van der Waals surface area (Å²) in [6, 6.07) is 15.3. The lowest BCUT2D eigenvalue weighted by atomic mass is 10.0. The summed E-state index contributed by atoms with van der Waals surface area (Å²) >= 11 is 0. The van der Waals surface area contributed by atoms with Crippen LogP contribution in [0.25, 0.3) is 0 Å². The number of carbonyl (C=O) groups is 1. The first-order chi connectivity index (χ1) is 10.8. The molecular formula is C17H20N4O. The highest BCUT2D eigenvalue weighted by Crippen LogP contribution is 2.23. The predicted molar refractivity (Wildman–Crippen MR) is 86.4 cm³/mol. The van der Waals surface area contributed by atoms with E-state index in [0.29, 0.717) is 0 Å². The molecule has 1 aromatic carbocycles. The number of hydrogen-bond acceptors (Lipinski definition) is 4. The molecule has 1 amide bonds. The molecule has 2 aromatic rings. The van der Waals surface area contributed by atoms with Crippen LogP contribution in [0.1, 0.15) is 11.6 Å². The highest BCUT2D eigenvalue weighted by atomic mass is 16.1. The van der Waals surface area contributed by atoms with Crippen LogP contribution in [0.3, 0.4) is 0 Å². The number of benzene rings is 1. The van der Waals surface area contributed by atoms with Gasteiger partial charge in [-0.05, 0) is 17.7 Å². The molecule has 1 aliphatic rings. The summed E-state index contributed by atoms with van der Waals surface area (Å²) in [6.45, 7) is 3.26. The summed E-state index contributed by atoms with van der Waals surface area (Å²) in [5, 5.41) is 0. The van der Waals surface area contributed by atoms with Crippen molar-refractivity contribution in [2.24, 2.45) is 5.73 Å². The molecule has 0 aliphatic carbocycles. The normalized spacial score (nSPS) is 17.2. The second-order valence-corrected chi connectivity index (χ2v) is 5.43. The van der Waals surface area contributed by atoms with Gasteiger partial charge in [0.1, 0.15) is 11.9 Å². The van der Waals surface area contributed by atoms with Crippen molar-refractivity contribution in [1.29, 1.82) is 0 Å². The minimum atomic E-state index is -0.355. The van der Waals surface area contributed by atoms with Gasteiger partial charge in [-0.2, -0.15) is 0 Å². The number of piperazine rings is 1. The molecule has 5 nitrogen and oxygen atoms in total. The van der Waals surface area contributed by atoms with Crippen molar-refractivity contribution in [2.75, 3.05) is 31.1 Å². The predicted octanol–water partition coefficient (Wildman–Crippen LogP) is 1.43. The highest BCUT2D eigenvalue weighted by Gasteiger charge is 2.29. The lowest BCUT2D eigenvalue weighted by Crippen LogP contribution is -2.50. The lowest BCUT2D eigenvalue weighted by Gasteiger charge is -2.38. The largest absolute Gasteiger partial charge is 0.368 e. The number of anilines is 1. The van der Waals surface area contributed by atoms with Gasteiger partial charge in [-0.1, -0.05) is 36.4 Å². The van der Waals surface area contributed by atoms with E-state index in [-0.39, 0.29) is 11.9 Å². The lowest BCUT2D eigenvalue weighted by molar-refractivity contribution is -0.123. The van der Waals surface area contributed by atoms with E-state index < -0.39 is 0 Å². The van der Waals surface area contributed by atoms with Gasteiger partial charge in [0.25, 0.3) is 0 Å². The third-order valence-corrected chi connectivity index (χ3v) is 4.04. The summed E-state index contributed by atoms with van der Waals surface area (Å²) in [5.41, 5.74) is 6.60. The number of pyridine rings is 1. The molecule has 1 fully saturated rings. The molecule has 114 valence electrons. The first kappa shape index (κ1) is 14.5. The maximum Gasteiger partial charge on any atom is 0.239 e. The molecule has 1 aromatic heterocycles. The van der Waals surface area contributed by atoms with Crippen LogP contribution in [0.4, 0.5) is 5.82 Å². The van der Waals surface area contributed by atoms with E-state index in [0.717, 1.165) is 37.6 Å². The third kappa shape index (κ3) is 3.09. The summed E-state index contributed by atoms with van der Waals surface area (Å²) in [7, 11) is 0. The SMILES string of the molecule is NC(=O)[C@@H](c1ccccc1)N1CCN(c2ccccn2)CC1. The van der Waals surface area contributed by atoms with Gasteiger partial charge in [0.05, 0.1) is 0 Å². The zero-order valence-electron chi connectivity index (χ0n) is 12.4. The Morgan fingerprint density at radius 1 is 1.00 bits per heavy atom. The fourth-order valence-corrected chi connectivity index (χ4v) is 2.94. The van der Waals surface area contributed by atoms with Crippen molar-refractivity contribution in [1.82, 2.24) is 9.88 Å². The van der Waals surface area contributed by atoms with Crippen LogP contribution in [0.5, 0.6) is 0 Å². The second-order valence-electron chi connectivity index (χ2n) is 5.43. The van der Waals surface area contributed by atoms with Crippen LogP contribution >= 0.6 is 0 Å². The first-order valence-corrected chi connectivity index (χ1v) is 7.50. The maximum absolute atomic E-state index is 11.9. The standard InChI is InChI=1S/C17H20N4O/c18-17(22)16(14-6-2-1-3-7-14)21-12-10-20(11-13-21)15-8-4-5-9-19-15/h1-9,16H,10-13H2,(H2,18,22)/t16-/m1/s1. The smallest absolute Gasteiger partial charge is 0.239 e. The Bertz CT molecular complexity index is 609. The van der Waals surface area contributed by atoms with Crippen molar-refractivity contribution in [3.05, 3.63) is 60.3 Å². The summed E-state index contributed by atoms with van der Waals surface area (Å²) in [6.07, 6.45) is 1.80. The molecule has 1 saturated heterocycles. The Labute approximate surface area is 130 Å². The highest BCUT2D eigenvalue weighted by molar-refractivity contribution is 5.81. The minimum Gasteiger partial charge on any atom is -0.368 e. The fourth-order valence-electron chi connectivity index (χ4n) is 2.94. The van der Waals surface area contributed by atoms with Gasteiger partial charge < -0.3 is 10.6 Å². The Morgan fingerprint density at radius 3 is 2.27 bits per heavy atom. The number of carbonyl (C=O) groups excluding carboxylic acids is 1. The molecule has 2 heterocycles. The number of hydrogen-bond donors (Lipinski definition) is 1. The van der Waals surface area contributed by atoms with Crippen LogP contribution in [-0.4, -0.2) is 42.0 Å². The van der Waals surface area contributed by atoms with Crippen molar-refractivity contribution >= 4 is 11.7 Å². The quantitative estimate of drug-likeness (QED) is 0.927. The Hall–Kier alpha value is -2.40. The van der Waals surface area contributed by atoms with E-state index >= 15 is 0 Å². The van der Waals surface area contributed by atoms with Crippen molar-refractivity contribution in [2.45, 2.75) is 6.04 Å². The molecule has 0 radical (unpaired) electrons. The second kappa shape index (κ2) is 6.58. The van der Waals surface area contributed by atoms with Crippen LogP contribution in [-0.2, 0) is 4.79 Å². The van der Waals surface area contributed by atoms with Gasteiger partial charge in [0.15, 0.2) is 0 Å². The number of amides is 1. The zero-order chi connectivity index (χ0) is 15.4. The number of aromatic nitrogens is 1. The van der Waals surface area contributed by atoms with E-state index in [1.165, 1.54) is 0 Å². The summed E-state index contributed by atoms with van der Waals surface area (Å²) in [5.74, 6) is 0.690. The van der Waals surface area contributed by atoms with Crippen molar-refractivity contribution < 1.29 is 4.79 Å². The van der Waals surface area contributed by atoms with E-state index in [2.05, 4.69) is 14.8 Å². The van der Waals surface area contributed by atoms with Gasteiger partial charge >= 0.3 is 0 Å². The summed E-state index contributed by atoms with van der Waals surface area (Å²) in [4.78, 5) is 20.7. The Morgan fingerprint density at radius 2 is 1.68 bits per heavy atom. The molecule has 0 bridgehead atoms. The van der Waals surface area contributed by atoms with E-state index in [9.17, 15) is 4.79 Å². The molecule has 0 saturated carbocycles. The first-order valence-electron chi connectivity index (χ1n) is 7.50. The molecule has 0 unspecified atom stereocenters. The number of rotatable bonds is 4. The van der Waals surface area contributed by atoms with Crippen molar-refractivity contribution in [3.8, 4) is 0 Å². The number of nitrogens with two attached hydrogens (primary N) is 1. The van der Waals surface area contributed by atoms with Crippen LogP contribution in [0.2, 0.25) is 0 Å². The molecule has 3 rings (SSSR count). The summed E-state index contributed by atoms with van der Waals surface area (Å²) < 4.78 is 0. The molecule has 5 heteroatoms. The van der Waals surface area contributed by atoms with E-state index in [4.69, 9.17) is 5.73 Å². The molecule has 22 heavy (non-hydrogen) atoms. The van der Waals surface area contributed by atoms with Crippen LogP contribution in [0, 0.1) is 0 Å². The number of nitrogens with zero attached hydrogens (tertiary/aromatic N) is 3. The number of primary amides is 1. The van der Waals surface area contributed by atoms with Gasteiger partial charge in [-0.25, -0.2) is 4.98 Å². The molecule has 1 aliphatic heterocycles. The fraction of sp³-hybridized carbons (Fsp3) is 0.294. The maximum atomic E-state index is 11.9. The van der Waals surface area contributed by atoms with Gasteiger partial charge in [-0.15, -0.1) is 0 Å². The topological polar surface area (TPSA) is 62.5 Å². The molecular weight excluding hydrogens is 276 g/mol. The zero-order valence-corrected chi connectivity index (χ0v) is 12.4. The van der Waals surface area contributed by atoms with Crippen LogP contribution < -0.4 is 10.6 Å². The average molecular weight is 296 g/mol. The van der Waals surface area contributed by atoms with Crippen LogP contribution in [0.15, 0.2) is 54.7 Å². The molecule has 2 N–H and O–H groups in total. The average Bonchev–Trinajstić information content (AvgIpc) is 2.57. The van der Waals surface area contributed by atoms with Gasteiger partial charge in [-0.3, -0.25) is 9.69 Å². The Kier molecular flexibility index (Phi) is 4.34. The van der Waals surface area contributed by atoms with Crippen molar-refractivity contribution in [3.63, 3.8) is 0 Å². The van der Waals surface area contributed by atoms with Gasteiger partial charge in [0, 0.05) is 32.4 Å². The minimum absolute atomic E-state index is 0.294. The monoisotopic (exact) mass is 296 g/mol. The van der Waals surface area contributed by atoms with E-state index in [1.54, 1.807) is 6.20 Å². The van der Waals surface area contributed by atoms with Gasteiger partial charge in [0.2, 0.25) is 5.91 Å². The molecule has 0 spiro atoms.